The maximum absolute atomic E-state index is 13.8. The Hall–Kier alpha value is -4.20. The van der Waals surface area contributed by atoms with Gasteiger partial charge in [0.25, 0.3) is 11.8 Å². The smallest absolute Gasteiger partial charge is 0.282 e. The van der Waals surface area contributed by atoms with Crippen molar-refractivity contribution >= 4 is 34.7 Å². The Kier molecular flexibility index (Phi) is 5.71. The van der Waals surface area contributed by atoms with E-state index < -0.39 is 0 Å². The third kappa shape index (κ3) is 3.87. The highest BCUT2D eigenvalue weighted by atomic mass is 16.2. The van der Waals surface area contributed by atoms with Crippen LogP contribution in [0.5, 0.6) is 0 Å². The predicted octanol–water partition coefficient (Wildman–Crippen LogP) is 2.65. The minimum absolute atomic E-state index is 0.288. The van der Waals surface area contributed by atoms with Gasteiger partial charge in [0.1, 0.15) is 5.70 Å². The van der Waals surface area contributed by atoms with Crippen molar-refractivity contribution < 1.29 is 9.59 Å². The molecule has 34 heavy (non-hydrogen) atoms. The van der Waals surface area contributed by atoms with Crippen LogP contribution in [0.1, 0.15) is 5.56 Å². The highest BCUT2D eigenvalue weighted by Crippen LogP contribution is 2.36. The first-order valence-corrected chi connectivity index (χ1v) is 11.3. The summed E-state index contributed by atoms with van der Waals surface area (Å²) in [6.07, 6.45) is 3.45. The van der Waals surface area contributed by atoms with Crippen molar-refractivity contribution in [3.63, 3.8) is 0 Å². The van der Waals surface area contributed by atoms with Gasteiger partial charge in [-0.15, -0.1) is 0 Å². The van der Waals surface area contributed by atoms with Crippen LogP contribution >= 0.6 is 0 Å². The molecule has 0 bridgehead atoms. The second-order valence-electron chi connectivity index (χ2n) is 8.47. The van der Waals surface area contributed by atoms with Crippen molar-refractivity contribution in [1.29, 1.82) is 0 Å². The van der Waals surface area contributed by atoms with Crippen molar-refractivity contribution in [3.8, 4) is 0 Å². The molecule has 0 atom stereocenters. The Balaban J connectivity index is 1.49. The number of hydrogen-bond acceptors (Lipinski definition) is 7. The molecule has 0 radical (unpaired) electrons. The SMILES string of the molecule is CN(C)c1cccc(N2C(=O)C(c3ccccc3)=C(N3CCN(c4ncccn4)CC3)C2=O)c1. The zero-order valence-electron chi connectivity index (χ0n) is 19.3. The minimum Gasteiger partial charge on any atom is -0.378 e. The van der Waals surface area contributed by atoms with E-state index in [4.69, 9.17) is 0 Å². The predicted molar refractivity (Wildman–Crippen MR) is 132 cm³/mol. The third-order valence-corrected chi connectivity index (χ3v) is 6.16. The van der Waals surface area contributed by atoms with Gasteiger partial charge in [-0.25, -0.2) is 14.9 Å². The molecule has 2 aliphatic heterocycles. The number of imide groups is 1. The van der Waals surface area contributed by atoms with Gasteiger partial charge >= 0.3 is 0 Å². The minimum atomic E-state index is -0.295. The van der Waals surface area contributed by atoms with Gasteiger partial charge in [0.2, 0.25) is 5.95 Å². The fraction of sp³-hybridized carbons (Fsp3) is 0.231. The molecule has 3 heterocycles. The molecular formula is C26H26N6O2. The van der Waals surface area contributed by atoms with Gasteiger partial charge in [0, 0.05) is 58.4 Å². The van der Waals surface area contributed by atoms with E-state index in [9.17, 15) is 9.59 Å². The molecule has 1 saturated heterocycles. The first-order chi connectivity index (χ1) is 16.5. The zero-order chi connectivity index (χ0) is 23.7. The lowest BCUT2D eigenvalue weighted by Gasteiger charge is -2.36. The molecule has 5 rings (SSSR count). The van der Waals surface area contributed by atoms with Crippen LogP contribution in [0.4, 0.5) is 17.3 Å². The van der Waals surface area contributed by atoms with Crippen LogP contribution in [-0.4, -0.2) is 67.0 Å². The number of carbonyl (C=O) groups excluding carboxylic acids is 2. The number of nitrogens with zero attached hydrogens (tertiary/aromatic N) is 6. The summed E-state index contributed by atoms with van der Waals surface area (Å²) in [6, 6.07) is 18.7. The number of aromatic nitrogens is 2. The molecule has 2 aromatic carbocycles. The zero-order valence-corrected chi connectivity index (χ0v) is 19.3. The summed E-state index contributed by atoms with van der Waals surface area (Å²) in [4.78, 5) is 43.6. The van der Waals surface area contributed by atoms with E-state index in [0.717, 1.165) is 11.3 Å². The topological polar surface area (TPSA) is 72.9 Å². The van der Waals surface area contributed by atoms with E-state index in [1.54, 1.807) is 24.5 Å². The summed E-state index contributed by atoms with van der Waals surface area (Å²) >= 11 is 0. The van der Waals surface area contributed by atoms with Crippen LogP contribution in [0.2, 0.25) is 0 Å². The maximum atomic E-state index is 13.8. The lowest BCUT2D eigenvalue weighted by Crippen LogP contribution is -2.48. The molecule has 3 aromatic rings. The van der Waals surface area contributed by atoms with Crippen molar-refractivity contribution in [2.24, 2.45) is 0 Å². The normalized spacial score (nSPS) is 16.5. The second kappa shape index (κ2) is 8.97. The Bertz CT molecular complexity index is 1230. The summed E-state index contributed by atoms with van der Waals surface area (Å²) in [5.74, 6) is 0.0930. The van der Waals surface area contributed by atoms with E-state index in [-0.39, 0.29) is 11.8 Å². The number of hydrogen-bond donors (Lipinski definition) is 0. The highest BCUT2D eigenvalue weighted by molar-refractivity contribution is 6.45. The van der Waals surface area contributed by atoms with Gasteiger partial charge in [0.05, 0.1) is 11.3 Å². The van der Waals surface area contributed by atoms with Crippen LogP contribution < -0.4 is 14.7 Å². The van der Waals surface area contributed by atoms with Crippen molar-refractivity contribution in [1.82, 2.24) is 14.9 Å². The third-order valence-electron chi connectivity index (χ3n) is 6.16. The molecule has 0 unspecified atom stereocenters. The number of anilines is 3. The number of rotatable bonds is 5. The van der Waals surface area contributed by atoms with Crippen molar-refractivity contribution in [3.05, 3.63) is 84.3 Å². The summed E-state index contributed by atoms with van der Waals surface area (Å²) in [7, 11) is 3.86. The molecule has 172 valence electrons. The van der Waals surface area contributed by atoms with Gasteiger partial charge < -0.3 is 14.7 Å². The van der Waals surface area contributed by atoms with Gasteiger partial charge in [-0.2, -0.15) is 0 Å². The van der Waals surface area contributed by atoms with E-state index in [2.05, 4.69) is 14.9 Å². The van der Waals surface area contributed by atoms with E-state index in [1.165, 1.54) is 4.90 Å². The van der Waals surface area contributed by atoms with Gasteiger partial charge in [-0.3, -0.25) is 9.59 Å². The summed E-state index contributed by atoms with van der Waals surface area (Å²) in [5, 5.41) is 0. The molecule has 2 amide bonds. The van der Waals surface area contributed by atoms with Gasteiger partial charge in [-0.05, 0) is 29.8 Å². The summed E-state index contributed by atoms with van der Waals surface area (Å²) < 4.78 is 0. The van der Waals surface area contributed by atoms with Gasteiger partial charge in [0.15, 0.2) is 0 Å². The quantitative estimate of drug-likeness (QED) is 0.549. The van der Waals surface area contributed by atoms with Crippen LogP contribution in [-0.2, 0) is 9.59 Å². The van der Waals surface area contributed by atoms with E-state index in [1.807, 2.05) is 72.4 Å². The maximum Gasteiger partial charge on any atom is 0.282 e. The molecule has 8 heteroatoms. The molecule has 0 N–H and O–H groups in total. The standard InChI is InChI=1S/C26H26N6O2/c1-29(2)20-10-6-11-21(18-20)32-24(33)22(19-8-4-3-5-9-19)23(25(32)34)30-14-16-31(17-15-30)26-27-12-7-13-28-26/h3-13,18H,14-17H2,1-2H3. The first kappa shape index (κ1) is 21.6. The average Bonchev–Trinajstić information content (AvgIpc) is 3.15. The molecular weight excluding hydrogens is 428 g/mol. The number of benzene rings is 2. The lowest BCUT2D eigenvalue weighted by molar-refractivity contribution is -0.120. The highest BCUT2D eigenvalue weighted by Gasteiger charge is 2.43. The van der Waals surface area contributed by atoms with Crippen LogP contribution in [0, 0.1) is 0 Å². The molecule has 2 aliphatic rings. The van der Waals surface area contributed by atoms with Crippen LogP contribution in [0.15, 0.2) is 78.8 Å². The summed E-state index contributed by atoms with van der Waals surface area (Å²) in [5.41, 5.74) is 3.14. The molecule has 1 fully saturated rings. The molecule has 0 spiro atoms. The molecule has 0 saturated carbocycles. The van der Waals surface area contributed by atoms with E-state index >= 15 is 0 Å². The fourth-order valence-corrected chi connectivity index (χ4v) is 4.41. The Morgan fingerprint density at radius 2 is 1.44 bits per heavy atom. The lowest BCUT2D eigenvalue weighted by atomic mass is 10.0. The Morgan fingerprint density at radius 1 is 0.765 bits per heavy atom. The number of piperazine rings is 1. The largest absolute Gasteiger partial charge is 0.378 e. The van der Waals surface area contributed by atoms with Crippen LogP contribution in [0.3, 0.4) is 0 Å². The fourth-order valence-electron chi connectivity index (χ4n) is 4.41. The molecule has 1 aromatic heterocycles. The Labute approximate surface area is 198 Å². The van der Waals surface area contributed by atoms with E-state index in [0.29, 0.717) is 49.1 Å². The Morgan fingerprint density at radius 3 is 2.12 bits per heavy atom. The monoisotopic (exact) mass is 454 g/mol. The van der Waals surface area contributed by atoms with Gasteiger partial charge in [-0.1, -0.05) is 36.4 Å². The molecule has 0 aliphatic carbocycles. The summed E-state index contributed by atoms with van der Waals surface area (Å²) in [6.45, 7) is 2.50. The van der Waals surface area contributed by atoms with Crippen molar-refractivity contribution in [2.45, 2.75) is 0 Å². The molecule has 8 nitrogen and oxygen atoms in total. The van der Waals surface area contributed by atoms with Crippen molar-refractivity contribution in [2.75, 3.05) is 55.0 Å². The average molecular weight is 455 g/mol. The number of carbonyl (C=O) groups is 2. The second-order valence-corrected chi connectivity index (χ2v) is 8.47. The van der Waals surface area contributed by atoms with Crippen LogP contribution in [0.25, 0.3) is 5.57 Å². The first-order valence-electron chi connectivity index (χ1n) is 11.3. The number of amides is 2.